The maximum Gasteiger partial charge on any atom is 0.148 e. The van der Waals surface area contributed by atoms with Gasteiger partial charge in [0.15, 0.2) is 0 Å². The molecule has 0 aliphatic carbocycles. The number of aromatic nitrogens is 6. The van der Waals surface area contributed by atoms with Crippen LogP contribution in [0.3, 0.4) is 0 Å². The summed E-state index contributed by atoms with van der Waals surface area (Å²) in [5.41, 5.74) is 4.30. The third-order valence-corrected chi connectivity index (χ3v) is 8.32. The van der Waals surface area contributed by atoms with Gasteiger partial charge in [0.1, 0.15) is 40.8 Å². The van der Waals surface area contributed by atoms with E-state index in [1.165, 1.54) is 4.68 Å². The SMILES string of the molecule is Cc1nc2ccc(Oc3ccc4ncc(-c5cnn(C(C)O)c5)nc4c3Cl)cc2n1COCC[Si](C)(C)C. The molecule has 3 heterocycles. The van der Waals surface area contributed by atoms with Crippen LogP contribution in [-0.4, -0.2) is 49.1 Å². The molecule has 9 nitrogen and oxygen atoms in total. The molecule has 198 valence electrons. The van der Waals surface area contributed by atoms with Crippen molar-refractivity contribution in [2.45, 2.75) is 52.5 Å². The summed E-state index contributed by atoms with van der Waals surface area (Å²) in [4.78, 5) is 13.9. The van der Waals surface area contributed by atoms with Crippen LogP contribution in [0.5, 0.6) is 11.5 Å². The highest BCUT2D eigenvalue weighted by Crippen LogP contribution is 2.36. The Balaban J connectivity index is 1.41. The van der Waals surface area contributed by atoms with Crippen LogP contribution in [-0.2, 0) is 11.5 Å². The molecule has 0 aliphatic rings. The van der Waals surface area contributed by atoms with Crippen LogP contribution in [0.2, 0.25) is 30.7 Å². The van der Waals surface area contributed by atoms with E-state index >= 15 is 0 Å². The number of aryl methyl sites for hydroxylation is 1. The maximum absolute atomic E-state index is 9.76. The number of hydrogen-bond acceptors (Lipinski definition) is 7. The highest BCUT2D eigenvalue weighted by Gasteiger charge is 2.16. The molecule has 5 aromatic rings. The van der Waals surface area contributed by atoms with Crippen molar-refractivity contribution in [3.05, 3.63) is 59.8 Å². The number of fused-ring (bicyclic) bond motifs is 2. The molecule has 0 saturated heterocycles. The summed E-state index contributed by atoms with van der Waals surface area (Å²) in [6, 6.07) is 10.5. The first kappa shape index (κ1) is 26.3. The summed E-state index contributed by atoms with van der Waals surface area (Å²) in [6.07, 6.45) is 4.26. The minimum atomic E-state index is -1.16. The largest absolute Gasteiger partial charge is 0.456 e. The lowest BCUT2D eigenvalue weighted by atomic mass is 10.2. The molecular weight excluding hydrogens is 520 g/mol. The van der Waals surface area contributed by atoms with Crippen LogP contribution in [0.4, 0.5) is 0 Å². The van der Waals surface area contributed by atoms with E-state index in [1.807, 2.05) is 31.2 Å². The number of ether oxygens (including phenoxy) is 2. The second-order valence-electron chi connectivity index (χ2n) is 10.5. The fraction of sp³-hybridized carbons (Fsp3) is 0.333. The molecular formula is C27H31ClN6O3Si. The summed E-state index contributed by atoms with van der Waals surface area (Å²) in [5.74, 6) is 1.98. The lowest BCUT2D eigenvalue weighted by molar-refractivity contribution is 0.0885. The fourth-order valence-corrected chi connectivity index (χ4v) is 5.03. The number of nitrogens with zero attached hydrogens (tertiary/aromatic N) is 6. The Morgan fingerprint density at radius 1 is 1.08 bits per heavy atom. The third kappa shape index (κ3) is 5.58. The van der Waals surface area contributed by atoms with Crippen molar-refractivity contribution in [3.63, 3.8) is 0 Å². The monoisotopic (exact) mass is 550 g/mol. The highest BCUT2D eigenvalue weighted by atomic mass is 35.5. The summed E-state index contributed by atoms with van der Waals surface area (Å²) >= 11 is 6.76. The van der Waals surface area contributed by atoms with Crippen molar-refractivity contribution in [1.29, 1.82) is 0 Å². The fourth-order valence-electron chi connectivity index (χ4n) is 4.03. The molecule has 2 aromatic carbocycles. The van der Waals surface area contributed by atoms with E-state index in [9.17, 15) is 5.11 Å². The van der Waals surface area contributed by atoms with Crippen molar-refractivity contribution >= 4 is 41.7 Å². The predicted octanol–water partition coefficient (Wildman–Crippen LogP) is 6.42. The maximum atomic E-state index is 9.76. The summed E-state index contributed by atoms with van der Waals surface area (Å²) in [7, 11) is -1.16. The number of hydrogen-bond donors (Lipinski definition) is 1. The van der Waals surface area contributed by atoms with Crippen LogP contribution in [0, 0.1) is 6.92 Å². The summed E-state index contributed by atoms with van der Waals surface area (Å²) in [6.45, 7) is 11.8. The van der Waals surface area contributed by atoms with E-state index < -0.39 is 14.3 Å². The number of benzene rings is 2. The van der Waals surface area contributed by atoms with Gasteiger partial charge in [0.2, 0.25) is 0 Å². The van der Waals surface area contributed by atoms with E-state index in [2.05, 4.69) is 39.3 Å². The van der Waals surface area contributed by atoms with E-state index in [0.29, 0.717) is 40.0 Å². The lowest BCUT2D eigenvalue weighted by Crippen LogP contribution is -2.22. The number of aliphatic hydroxyl groups is 1. The van der Waals surface area contributed by atoms with Gasteiger partial charge >= 0.3 is 0 Å². The van der Waals surface area contributed by atoms with Crippen LogP contribution in [0.15, 0.2) is 48.9 Å². The first-order valence-corrected chi connectivity index (χ1v) is 16.6. The molecule has 38 heavy (non-hydrogen) atoms. The van der Waals surface area contributed by atoms with Crippen LogP contribution in [0.25, 0.3) is 33.3 Å². The molecule has 1 unspecified atom stereocenters. The van der Waals surface area contributed by atoms with E-state index in [0.717, 1.165) is 35.1 Å². The number of aliphatic hydroxyl groups excluding tert-OH is 1. The zero-order valence-corrected chi connectivity index (χ0v) is 23.9. The van der Waals surface area contributed by atoms with Crippen molar-refractivity contribution in [2.24, 2.45) is 0 Å². The van der Waals surface area contributed by atoms with Gasteiger partial charge < -0.3 is 19.1 Å². The molecule has 0 fully saturated rings. The quantitative estimate of drug-likeness (QED) is 0.167. The highest BCUT2D eigenvalue weighted by molar-refractivity contribution is 6.76. The molecule has 0 saturated carbocycles. The van der Waals surface area contributed by atoms with Crippen molar-refractivity contribution < 1.29 is 14.6 Å². The minimum absolute atomic E-state index is 0.360. The van der Waals surface area contributed by atoms with Crippen LogP contribution < -0.4 is 4.74 Å². The standard InChI is InChI=1S/C27H31ClN6O3Si/c1-17-31-21-7-6-20(12-24(21)33(17)16-36-10-11-38(3,4)5)37-25-9-8-22-27(26(25)28)32-23(14-29-22)19-13-30-34(15-19)18(2)35/h6-9,12-15,18,35H,10-11,16H2,1-5H3. The Kier molecular flexibility index (Phi) is 7.23. The van der Waals surface area contributed by atoms with Gasteiger partial charge in [0, 0.05) is 32.5 Å². The van der Waals surface area contributed by atoms with E-state index in [1.54, 1.807) is 31.6 Å². The predicted molar refractivity (Wildman–Crippen MR) is 151 cm³/mol. The normalized spacial score (nSPS) is 12.9. The molecule has 0 bridgehead atoms. The van der Waals surface area contributed by atoms with Gasteiger partial charge in [-0.15, -0.1) is 0 Å². The number of halogens is 1. The molecule has 5 rings (SSSR count). The molecule has 1 N–H and O–H groups in total. The average molecular weight is 551 g/mol. The first-order valence-electron chi connectivity index (χ1n) is 12.5. The van der Waals surface area contributed by atoms with Gasteiger partial charge in [0.25, 0.3) is 0 Å². The third-order valence-electron chi connectivity index (χ3n) is 6.25. The zero-order chi connectivity index (χ0) is 27.0. The van der Waals surface area contributed by atoms with Gasteiger partial charge in [-0.2, -0.15) is 5.10 Å². The Morgan fingerprint density at radius 3 is 2.61 bits per heavy atom. The van der Waals surface area contributed by atoms with E-state index in [-0.39, 0.29) is 0 Å². The van der Waals surface area contributed by atoms with Crippen molar-refractivity contribution in [2.75, 3.05) is 6.61 Å². The molecule has 0 aliphatic heterocycles. The van der Waals surface area contributed by atoms with Gasteiger partial charge in [-0.1, -0.05) is 31.2 Å². The number of rotatable bonds is 9. The van der Waals surface area contributed by atoms with Gasteiger partial charge in [0.05, 0.1) is 34.6 Å². The number of imidazole rings is 1. The Labute approximate surface area is 227 Å². The molecule has 0 amide bonds. The van der Waals surface area contributed by atoms with Crippen molar-refractivity contribution in [1.82, 2.24) is 29.3 Å². The molecule has 1 atom stereocenters. The Morgan fingerprint density at radius 2 is 1.87 bits per heavy atom. The second kappa shape index (κ2) is 10.5. The van der Waals surface area contributed by atoms with Gasteiger partial charge in [-0.05, 0) is 44.2 Å². The average Bonchev–Trinajstić information content (AvgIpc) is 3.48. The summed E-state index contributed by atoms with van der Waals surface area (Å²) < 4.78 is 15.7. The van der Waals surface area contributed by atoms with E-state index in [4.69, 9.17) is 26.1 Å². The Bertz CT molecular complexity index is 1610. The minimum Gasteiger partial charge on any atom is -0.456 e. The molecule has 0 radical (unpaired) electrons. The van der Waals surface area contributed by atoms with Gasteiger partial charge in [-0.3, -0.25) is 4.98 Å². The first-order chi connectivity index (χ1) is 18.1. The zero-order valence-electron chi connectivity index (χ0n) is 22.1. The summed E-state index contributed by atoms with van der Waals surface area (Å²) in [5, 5.41) is 14.3. The molecule has 0 spiro atoms. The van der Waals surface area contributed by atoms with Crippen LogP contribution in [0.1, 0.15) is 19.0 Å². The van der Waals surface area contributed by atoms with Crippen molar-refractivity contribution in [3.8, 4) is 22.8 Å². The smallest absolute Gasteiger partial charge is 0.148 e. The second-order valence-corrected chi connectivity index (χ2v) is 16.5. The van der Waals surface area contributed by atoms with Gasteiger partial charge in [-0.25, -0.2) is 14.6 Å². The lowest BCUT2D eigenvalue weighted by Gasteiger charge is -2.16. The molecule has 11 heteroatoms. The topological polar surface area (TPSA) is 100 Å². The Hall–Kier alpha value is -3.31. The molecule has 3 aromatic heterocycles. The van der Waals surface area contributed by atoms with Crippen LogP contribution >= 0.6 is 11.6 Å².